The Hall–Kier alpha value is -2.82. The Morgan fingerprint density at radius 3 is 2.63 bits per heavy atom. The van der Waals surface area contributed by atoms with E-state index in [9.17, 15) is 9.59 Å². The largest absolute Gasteiger partial charge is 0.459 e. The van der Waals surface area contributed by atoms with E-state index < -0.39 is 0 Å². The van der Waals surface area contributed by atoms with Gasteiger partial charge in [-0.1, -0.05) is 12.8 Å². The third kappa shape index (κ3) is 3.42. The number of amides is 1. The Labute approximate surface area is 158 Å². The molecule has 0 unspecified atom stereocenters. The molecule has 0 spiro atoms. The number of carbonyl (C=O) groups excluding carboxylic acids is 1. The lowest BCUT2D eigenvalue weighted by molar-refractivity contribution is 0.0631. The Kier molecular flexibility index (Phi) is 4.60. The molecular weight excluding hydrogens is 340 g/mol. The van der Waals surface area contributed by atoms with Crippen molar-refractivity contribution in [2.75, 3.05) is 0 Å². The molecule has 0 radical (unpaired) electrons. The first kappa shape index (κ1) is 17.6. The minimum atomic E-state index is -0.147. The highest BCUT2D eigenvalue weighted by atomic mass is 16.3. The maximum atomic E-state index is 13.0. The Morgan fingerprint density at radius 1 is 1.19 bits per heavy atom. The molecule has 1 aromatic carbocycles. The van der Waals surface area contributed by atoms with Crippen molar-refractivity contribution in [3.05, 3.63) is 69.4 Å². The van der Waals surface area contributed by atoms with E-state index in [-0.39, 0.29) is 17.5 Å². The van der Waals surface area contributed by atoms with Crippen LogP contribution in [0.25, 0.3) is 10.9 Å². The van der Waals surface area contributed by atoms with E-state index in [0.717, 1.165) is 42.1 Å². The molecule has 27 heavy (non-hydrogen) atoms. The fourth-order valence-corrected chi connectivity index (χ4v) is 3.95. The van der Waals surface area contributed by atoms with E-state index in [1.165, 1.54) is 11.8 Å². The van der Waals surface area contributed by atoms with Crippen LogP contribution >= 0.6 is 0 Å². The van der Waals surface area contributed by atoms with E-state index in [1.807, 2.05) is 24.0 Å². The van der Waals surface area contributed by atoms with Gasteiger partial charge in [-0.3, -0.25) is 9.59 Å². The van der Waals surface area contributed by atoms with E-state index in [0.29, 0.717) is 17.9 Å². The van der Waals surface area contributed by atoms with Crippen LogP contribution in [0.5, 0.6) is 0 Å². The van der Waals surface area contributed by atoms with Gasteiger partial charge in [-0.05, 0) is 73.5 Å². The number of fused-ring (bicyclic) bond motifs is 1. The molecule has 140 valence electrons. The lowest BCUT2D eigenvalue weighted by Crippen LogP contribution is -2.39. The first-order valence-electron chi connectivity index (χ1n) is 9.50. The molecule has 2 heterocycles. The van der Waals surface area contributed by atoms with Crippen molar-refractivity contribution in [1.29, 1.82) is 0 Å². The first-order chi connectivity index (χ1) is 13.0. The van der Waals surface area contributed by atoms with Crippen LogP contribution in [0, 0.1) is 13.8 Å². The number of nitrogens with zero attached hydrogens (tertiary/aromatic N) is 1. The molecule has 3 aromatic rings. The van der Waals surface area contributed by atoms with E-state index >= 15 is 0 Å². The van der Waals surface area contributed by atoms with Gasteiger partial charge < -0.3 is 14.3 Å². The second-order valence-electron chi connectivity index (χ2n) is 7.50. The smallest absolute Gasteiger partial charge is 0.290 e. The second-order valence-corrected chi connectivity index (χ2v) is 7.50. The standard InChI is InChI=1S/C22H24N2O3/c1-14-10-16-12-17(21(25)23-19(16)11-15(14)2)13-24(18-6-3-4-7-18)22(26)20-8-5-9-27-20/h5,8-12,18H,3-4,6-7,13H2,1-2H3,(H,23,25). The average molecular weight is 364 g/mol. The summed E-state index contributed by atoms with van der Waals surface area (Å²) in [6, 6.07) is 9.54. The molecular formula is C22H24N2O3. The summed E-state index contributed by atoms with van der Waals surface area (Å²) in [5.41, 5.74) is 3.63. The fraction of sp³-hybridized carbons (Fsp3) is 0.364. The zero-order valence-electron chi connectivity index (χ0n) is 15.7. The number of aryl methyl sites for hydroxylation is 2. The van der Waals surface area contributed by atoms with Crippen molar-refractivity contribution in [3.8, 4) is 0 Å². The van der Waals surface area contributed by atoms with Gasteiger partial charge in [0.25, 0.3) is 11.5 Å². The van der Waals surface area contributed by atoms with Crippen LogP contribution in [0.15, 0.2) is 45.8 Å². The fourth-order valence-electron chi connectivity index (χ4n) is 3.95. The number of furan rings is 1. The van der Waals surface area contributed by atoms with E-state index in [4.69, 9.17) is 4.42 Å². The SMILES string of the molecule is Cc1cc2cc(CN(C(=O)c3ccco3)C3CCCC3)c(=O)[nH]c2cc1C. The van der Waals surface area contributed by atoms with Gasteiger partial charge in [0, 0.05) is 17.1 Å². The van der Waals surface area contributed by atoms with E-state index in [1.54, 1.807) is 12.1 Å². The number of nitrogens with one attached hydrogen (secondary N) is 1. The Balaban J connectivity index is 1.72. The molecule has 0 atom stereocenters. The third-order valence-corrected chi connectivity index (χ3v) is 5.63. The molecule has 5 heteroatoms. The number of pyridine rings is 1. The minimum Gasteiger partial charge on any atom is -0.459 e. The molecule has 2 aromatic heterocycles. The van der Waals surface area contributed by atoms with Crippen molar-refractivity contribution in [2.24, 2.45) is 0 Å². The zero-order valence-corrected chi connectivity index (χ0v) is 15.7. The van der Waals surface area contributed by atoms with Crippen LogP contribution in [0.1, 0.15) is 52.9 Å². The monoisotopic (exact) mass is 364 g/mol. The maximum Gasteiger partial charge on any atom is 0.290 e. The number of hydrogen-bond donors (Lipinski definition) is 1. The number of rotatable bonds is 4. The van der Waals surface area contributed by atoms with Crippen LogP contribution < -0.4 is 5.56 Å². The molecule has 4 rings (SSSR count). The summed E-state index contributed by atoms with van der Waals surface area (Å²) in [4.78, 5) is 30.5. The Morgan fingerprint density at radius 2 is 1.93 bits per heavy atom. The number of H-pyrrole nitrogens is 1. The van der Waals surface area contributed by atoms with Crippen LogP contribution in [0.4, 0.5) is 0 Å². The topological polar surface area (TPSA) is 66.3 Å². The first-order valence-corrected chi connectivity index (χ1v) is 9.50. The van der Waals surface area contributed by atoms with Crippen molar-refractivity contribution < 1.29 is 9.21 Å². The minimum absolute atomic E-state index is 0.138. The molecule has 1 aliphatic carbocycles. The predicted octanol–water partition coefficient (Wildman–Crippen LogP) is 4.32. The molecule has 0 bridgehead atoms. The van der Waals surface area contributed by atoms with Gasteiger partial charge in [0.2, 0.25) is 0 Å². The van der Waals surface area contributed by atoms with Crippen molar-refractivity contribution in [1.82, 2.24) is 9.88 Å². The van der Waals surface area contributed by atoms with Crippen LogP contribution in [0.2, 0.25) is 0 Å². The van der Waals surface area contributed by atoms with Crippen molar-refractivity contribution in [2.45, 2.75) is 52.1 Å². The van der Waals surface area contributed by atoms with Crippen LogP contribution in [-0.4, -0.2) is 21.8 Å². The maximum absolute atomic E-state index is 13.0. The lowest BCUT2D eigenvalue weighted by atomic mass is 10.0. The second kappa shape index (κ2) is 7.06. The number of aromatic amines is 1. The molecule has 1 saturated carbocycles. The summed E-state index contributed by atoms with van der Waals surface area (Å²) in [6.07, 6.45) is 5.67. The molecule has 1 amide bonds. The normalized spacial score (nSPS) is 14.7. The molecule has 0 saturated heterocycles. The predicted molar refractivity (Wildman–Crippen MR) is 105 cm³/mol. The molecule has 1 N–H and O–H groups in total. The highest BCUT2D eigenvalue weighted by Crippen LogP contribution is 2.27. The van der Waals surface area contributed by atoms with Crippen LogP contribution in [-0.2, 0) is 6.54 Å². The van der Waals surface area contributed by atoms with Gasteiger partial charge in [0.1, 0.15) is 0 Å². The summed E-state index contributed by atoms with van der Waals surface area (Å²) >= 11 is 0. The van der Waals surface area contributed by atoms with Gasteiger partial charge in [-0.25, -0.2) is 0 Å². The summed E-state index contributed by atoms with van der Waals surface area (Å²) in [5.74, 6) is 0.178. The molecule has 0 aliphatic heterocycles. The van der Waals surface area contributed by atoms with Gasteiger partial charge in [-0.2, -0.15) is 0 Å². The lowest BCUT2D eigenvalue weighted by Gasteiger charge is -2.28. The van der Waals surface area contributed by atoms with Gasteiger partial charge in [0.05, 0.1) is 12.8 Å². The van der Waals surface area contributed by atoms with Crippen molar-refractivity contribution >= 4 is 16.8 Å². The number of benzene rings is 1. The van der Waals surface area contributed by atoms with Crippen LogP contribution in [0.3, 0.4) is 0 Å². The number of aromatic nitrogens is 1. The quantitative estimate of drug-likeness (QED) is 0.749. The Bertz CT molecular complexity index is 1030. The number of hydrogen-bond acceptors (Lipinski definition) is 3. The van der Waals surface area contributed by atoms with Gasteiger partial charge in [-0.15, -0.1) is 0 Å². The summed E-state index contributed by atoms with van der Waals surface area (Å²) in [6.45, 7) is 4.39. The average Bonchev–Trinajstić information content (AvgIpc) is 3.35. The van der Waals surface area contributed by atoms with Gasteiger partial charge >= 0.3 is 0 Å². The summed E-state index contributed by atoms with van der Waals surface area (Å²) in [5, 5.41) is 0.990. The van der Waals surface area contributed by atoms with Crippen molar-refractivity contribution in [3.63, 3.8) is 0 Å². The highest BCUT2D eigenvalue weighted by Gasteiger charge is 2.29. The number of carbonyl (C=O) groups is 1. The van der Waals surface area contributed by atoms with E-state index in [2.05, 4.69) is 18.0 Å². The molecule has 1 fully saturated rings. The molecule has 5 nitrogen and oxygen atoms in total. The van der Waals surface area contributed by atoms with Gasteiger partial charge in [0.15, 0.2) is 5.76 Å². The summed E-state index contributed by atoms with van der Waals surface area (Å²) < 4.78 is 5.33. The molecule has 1 aliphatic rings. The highest BCUT2D eigenvalue weighted by molar-refractivity contribution is 5.91. The third-order valence-electron chi connectivity index (χ3n) is 5.63. The summed E-state index contributed by atoms with van der Waals surface area (Å²) in [7, 11) is 0. The zero-order chi connectivity index (χ0) is 19.0.